The van der Waals surface area contributed by atoms with Crippen molar-refractivity contribution in [2.45, 2.75) is 32.7 Å². The number of likely N-dealkylation sites (tertiary alicyclic amines) is 1. The number of para-hydroxylation sites is 1. The van der Waals surface area contributed by atoms with Crippen molar-refractivity contribution in [2.75, 3.05) is 6.54 Å². The number of carbonyl (C=O) groups is 1. The van der Waals surface area contributed by atoms with E-state index in [0.29, 0.717) is 12.5 Å². The van der Waals surface area contributed by atoms with Gasteiger partial charge in [-0.1, -0.05) is 24.6 Å². The second-order valence-corrected chi connectivity index (χ2v) is 5.78. The van der Waals surface area contributed by atoms with Crippen molar-refractivity contribution in [3.8, 4) is 0 Å². The SMILES string of the molecule is CC1CCN(C(=O)c2cccc(Cl)c2[N+](=O)[O-])C(C)C1. The normalized spacial score (nSPS) is 22.6. The Morgan fingerprint density at radius 1 is 1.45 bits per heavy atom. The third kappa shape index (κ3) is 2.77. The lowest BCUT2D eigenvalue weighted by Gasteiger charge is -2.36. The molecule has 1 aliphatic heterocycles. The zero-order valence-corrected chi connectivity index (χ0v) is 12.3. The fourth-order valence-corrected chi connectivity index (χ4v) is 2.98. The van der Waals surface area contributed by atoms with Crippen molar-refractivity contribution < 1.29 is 9.72 Å². The smallest absolute Gasteiger partial charge is 0.300 e. The van der Waals surface area contributed by atoms with Gasteiger partial charge in [0.25, 0.3) is 5.91 Å². The molecule has 1 heterocycles. The predicted molar refractivity (Wildman–Crippen MR) is 77.0 cm³/mol. The first-order valence-corrected chi connectivity index (χ1v) is 7.03. The van der Waals surface area contributed by atoms with Crippen LogP contribution >= 0.6 is 11.6 Å². The van der Waals surface area contributed by atoms with Gasteiger partial charge in [-0.25, -0.2) is 0 Å². The minimum absolute atomic E-state index is 0.00104. The quantitative estimate of drug-likeness (QED) is 0.619. The molecule has 2 atom stereocenters. The molecule has 1 aromatic rings. The van der Waals surface area contributed by atoms with Crippen LogP contribution in [0.1, 0.15) is 37.0 Å². The molecular weight excluding hydrogens is 280 g/mol. The molecule has 1 fully saturated rings. The van der Waals surface area contributed by atoms with Gasteiger partial charge < -0.3 is 4.90 Å². The number of piperidine rings is 1. The maximum Gasteiger partial charge on any atom is 0.300 e. The van der Waals surface area contributed by atoms with Crippen molar-refractivity contribution in [3.05, 3.63) is 38.9 Å². The molecule has 0 bridgehead atoms. The van der Waals surface area contributed by atoms with Crippen LogP contribution < -0.4 is 0 Å². The Morgan fingerprint density at radius 3 is 2.75 bits per heavy atom. The number of rotatable bonds is 2. The van der Waals surface area contributed by atoms with Crippen LogP contribution in [0.5, 0.6) is 0 Å². The highest BCUT2D eigenvalue weighted by Gasteiger charge is 2.32. The van der Waals surface area contributed by atoms with Gasteiger partial charge in [-0.05, 0) is 37.8 Å². The molecule has 0 radical (unpaired) electrons. The lowest BCUT2D eigenvalue weighted by atomic mass is 9.92. The molecule has 1 amide bonds. The number of hydrogen-bond donors (Lipinski definition) is 0. The molecule has 108 valence electrons. The summed E-state index contributed by atoms with van der Waals surface area (Å²) in [6, 6.07) is 4.56. The molecule has 0 N–H and O–H groups in total. The molecule has 1 aromatic carbocycles. The van der Waals surface area contributed by atoms with Crippen molar-refractivity contribution in [1.29, 1.82) is 0 Å². The van der Waals surface area contributed by atoms with Crippen LogP contribution in [0, 0.1) is 16.0 Å². The molecule has 0 spiro atoms. The Bertz CT molecular complexity index is 547. The summed E-state index contributed by atoms with van der Waals surface area (Å²) in [7, 11) is 0. The van der Waals surface area contributed by atoms with Crippen molar-refractivity contribution in [3.63, 3.8) is 0 Å². The van der Waals surface area contributed by atoms with E-state index in [1.807, 2.05) is 6.92 Å². The fraction of sp³-hybridized carbons (Fsp3) is 0.500. The van der Waals surface area contributed by atoms with Crippen LogP contribution in [0.4, 0.5) is 5.69 Å². The molecule has 0 saturated carbocycles. The first-order chi connectivity index (χ1) is 9.41. The third-order valence-electron chi connectivity index (χ3n) is 3.80. The molecular formula is C14H17ClN2O3. The number of nitro benzene ring substituents is 1. The zero-order valence-electron chi connectivity index (χ0n) is 11.5. The van der Waals surface area contributed by atoms with E-state index in [1.54, 1.807) is 11.0 Å². The zero-order chi connectivity index (χ0) is 14.9. The van der Waals surface area contributed by atoms with E-state index in [0.717, 1.165) is 12.8 Å². The van der Waals surface area contributed by atoms with E-state index in [2.05, 4.69) is 6.92 Å². The summed E-state index contributed by atoms with van der Waals surface area (Å²) in [5.74, 6) is 0.266. The van der Waals surface area contributed by atoms with E-state index >= 15 is 0 Å². The second kappa shape index (κ2) is 5.79. The number of nitro groups is 1. The van der Waals surface area contributed by atoms with Crippen molar-refractivity contribution in [2.24, 2.45) is 5.92 Å². The summed E-state index contributed by atoms with van der Waals surface area (Å²) in [5.41, 5.74) is -0.228. The molecule has 2 rings (SSSR count). The number of benzene rings is 1. The fourth-order valence-electron chi connectivity index (χ4n) is 2.74. The molecule has 0 aliphatic carbocycles. The van der Waals surface area contributed by atoms with E-state index < -0.39 is 4.92 Å². The van der Waals surface area contributed by atoms with Crippen LogP contribution in [0.15, 0.2) is 18.2 Å². The van der Waals surface area contributed by atoms with Gasteiger partial charge in [-0.3, -0.25) is 14.9 Å². The number of carbonyl (C=O) groups excluding carboxylic acids is 1. The van der Waals surface area contributed by atoms with Crippen molar-refractivity contribution in [1.82, 2.24) is 4.90 Å². The highest BCUT2D eigenvalue weighted by molar-refractivity contribution is 6.33. The first-order valence-electron chi connectivity index (χ1n) is 6.65. The molecule has 6 heteroatoms. The molecule has 1 saturated heterocycles. The minimum Gasteiger partial charge on any atom is -0.336 e. The van der Waals surface area contributed by atoms with Crippen LogP contribution in [-0.4, -0.2) is 28.3 Å². The van der Waals surface area contributed by atoms with Gasteiger partial charge in [0.05, 0.1) is 4.92 Å². The standard InChI is InChI=1S/C14H17ClN2O3/c1-9-6-7-16(10(2)8-9)14(18)11-4-3-5-12(15)13(11)17(19)20/h3-5,9-10H,6-8H2,1-2H3. The van der Waals surface area contributed by atoms with Crippen LogP contribution in [0.3, 0.4) is 0 Å². The Hall–Kier alpha value is -1.62. The maximum atomic E-state index is 12.6. The summed E-state index contributed by atoms with van der Waals surface area (Å²) in [6.07, 6.45) is 1.84. The van der Waals surface area contributed by atoms with Gasteiger partial charge >= 0.3 is 5.69 Å². The lowest BCUT2D eigenvalue weighted by Crippen LogP contribution is -2.44. The predicted octanol–water partition coefficient (Wildman–Crippen LogP) is 3.51. The number of hydrogen-bond acceptors (Lipinski definition) is 3. The average Bonchev–Trinajstić information content (AvgIpc) is 2.37. The molecule has 20 heavy (non-hydrogen) atoms. The van der Waals surface area contributed by atoms with Gasteiger partial charge in [-0.2, -0.15) is 0 Å². The Balaban J connectivity index is 2.34. The average molecular weight is 297 g/mol. The molecule has 0 aromatic heterocycles. The summed E-state index contributed by atoms with van der Waals surface area (Å²) in [5, 5.41) is 11.1. The number of amides is 1. The lowest BCUT2D eigenvalue weighted by molar-refractivity contribution is -0.385. The number of halogens is 1. The van der Waals surface area contributed by atoms with Gasteiger partial charge in [0.1, 0.15) is 10.6 Å². The Labute approximate surface area is 122 Å². The molecule has 2 unspecified atom stereocenters. The highest BCUT2D eigenvalue weighted by atomic mass is 35.5. The van der Waals surface area contributed by atoms with E-state index in [9.17, 15) is 14.9 Å². The van der Waals surface area contributed by atoms with E-state index in [1.165, 1.54) is 12.1 Å². The molecule has 5 nitrogen and oxygen atoms in total. The van der Waals surface area contributed by atoms with Crippen LogP contribution in [0.25, 0.3) is 0 Å². The first kappa shape index (κ1) is 14.8. The Kier molecular flexibility index (Phi) is 4.28. The van der Waals surface area contributed by atoms with E-state index in [4.69, 9.17) is 11.6 Å². The summed E-state index contributed by atoms with van der Waals surface area (Å²) in [6.45, 7) is 4.76. The third-order valence-corrected chi connectivity index (χ3v) is 4.10. The summed E-state index contributed by atoms with van der Waals surface area (Å²) < 4.78 is 0. The topological polar surface area (TPSA) is 63.5 Å². The van der Waals surface area contributed by atoms with Crippen molar-refractivity contribution >= 4 is 23.2 Å². The van der Waals surface area contributed by atoms with Gasteiger partial charge in [0.15, 0.2) is 0 Å². The second-order valence-electron chi connectivity index (χ2n) is 5.37. The summed E-state index contributed by atoms with van der Waals surface area (Å²) >= 11 is 5.85. The van der Waals surface area contributed by atoms with E-state index in [-0.39, 0.29) is 28.2 Å². The monoisotopic (exact) mass is 296 g/mol. The highest BCUT2D eigenvalue weighted by Crippen LogP contribution is 2.31. The Morgan fingerprint density at radius 2 is 2.15 bits per heavy atom. The van der Waals surface area contributed by atoms with Gasteiger partial charge in [0, 0.05) is 12.6 Å². The van der Waals surface area contributed by atoms with Gasteiger partial charge in [-0.15, -0.1) is 0 Å². The van der Waals surface area contributed by atoms with Crippen LogP contribution in [0.2, 0.25) is 5.02 Å². The largest absolute Gasteiger partial charge is 0.336 e. The molecule has 1 aliphatic rings. The number of nitrogens with zero attached hydrogens (tertiary/aromatic N) is 2. The maximum absolute atomic E-state index is 12.6. The minimum atomic E-state index is -0.590. The summed E-state index contributed by atoms with van der Waals surface area (Å²) in [4.78, 5) is 24.8. The van der Waals surface area contributed by atoms with Crippen LogP contribution in [-0.2, 0) is 0 Å². The van der Waals surface area contributed by atoms with Gasteiger partial charge in [0.2, 0.25) is 0 Å².